The van der Waals surface area contributed by atoms with Crippen molar-refractivity contribution in [3.63, 3.8) is 0 Å². The Bertz CT molecular complexity index is 365. The Morgan fingerprint density at radius 3 is 2.35 bits per heavy atom. The lowest BCUT2D eigenvalue weighted by atomic mass is 10.3. The van der Waals surface area contributed by atoms with Gasteiger partial charge in [0.2, 0.25) is 0 Å². The lowest BCUT2D eigenvalue weighted by molar-refractivity contribution is -0.177. The highest BCUT2D eigenvalue weighted by atomic mass is 79.9. The zero-order chi connectivity index (χ0) is 13.1. The van der Waals surface area contributed by atoms with Crippen LogP contribution in [-0.2, 0) is 16.7 Å². The van der Waals surface area contributed by atoms with Crippen LogP contribution in [0.3, 0.4) is 0 Å². The van der Waals surface area contributed by atoms with Crippen LogP contribution < -0.4 is 0 Å². The molecule has 98 valence electrons. The molecule has 1 aromatic heterocycles. The summed E-state index contributed by atoms with van der Waals surface area (Å²) in [6.45, 7) is 2.34. The summed E-state index contributed by atoms with van der Waals surface area (Å²) in [5, 5.41) is 8.19. The maximum Gasteiger partial charge on any atom is 0.411 e. The number of rotatable bonds is 5. The molecule has 4 nitrogen and oxygen atoms in total. The molecule has 1 rings (SSSR count). The fraction of sp³-hybridized carbons (Fsp3) is 0.778. The number of hydrogen-bond acceptors (Lipinski definition) is 3. The highest BCUT2D eigenvalue weighted by Crippen LogP contribution is 2.17. The highest BCUT2D eigenvalue weighted by Gasteiger charge is 2.28. The van der Waals surface area contributed by atoms with E-state index in [2.05, 4.69) is 30.9 Å². The van der Waals surface area contributed by atoms with Gasteiger partial charge in [0, 0.05) is 6.04 Å². The molecule has 1 aromatic rings. The minimum atomic E-state index is -4.32. The van der Waals surface area contributed by atoms with Crippen LogP contribution in [0.2, 0.25) is 0 Å². The van der Waals surface area contributed by atoms with E-state index >= 15 is 0 Å². The van der Waals surface area contributed by atoms with Crippen LogP contribution in [-0.4, -0.2) is 27.5 Å². The van der Waals surface area contributed by atoms with Gasteiger partial charge < -0.3 is 9.30 Å². The molecule has 0 aliphatic heterocycles. The topological polar surface area (TPSA) is 39.9 Å². The summed E-state index contributed by atoms with van der Waals surface area (Å²) in [5.74, 6) is 1.07. The molecular weight excluding hydrogens is 303 g/mol. The van der Waals surface area contributed by atoms with E-state index in [1.807, 2.05) is 13.8 Å². The molecule has 0 aliphatic rings. The van der Waals surface area contributed by atoms with Gasteiger partial charge in [0.25, 0.3) is 0 Å². The van der Waals surface area contributed by atoms with Gasteiger partial charge in [-0.25, -0.2) is 0 Å². The summed E-state index contributed by atoms with van der Waals surface area (Å²) in [6, 6.07) is 0.0713. The Balaban J connectivity index is 2.68. The first-order chi connectivity index (χ1) is 7.85. The molecule has 0 aliphatic carbocycles. The maximum absolute atomic E-state index is 11.9. The van der Waals surface area contributed by atoms with Crippen LogP contribution in [0.5, 0.6) is 0 Å². The third-order valence-corrected chi connectivity index (χ3v) is 2.47. The second-order valence-electron chi connectivity index (χ2n) is 3.74. The van der Waals surface area contributed by atoms with Crippen molar-refractivity contribution in [2.45, 2.75) is 38.0 Å². The first-order valence-electron chi connectivity index (χ1n) is 4.98. The van der Waals surface area contributed by atoms with Gasteiger partial charge >= 0.3 is 6.18 Å². The smallest absolute Gasteiger partial charge is 0.364 e. The summed E-state index contributed by atoms with van der Waals surface area (Å²) in [6.07, 6.45) is -4.32. The van der Waals surface area contributed by atoms with Crippen molar-refractivity contribution >= 4 is 15.9 Å². The van der Waals surface area contributed by atoms with Crippen molar-refractivity contribution in [3.8, 4) is 0 Å². The van der Waals surface area contributed by atoms with Crippen molar-refractivity contribution in [3.05, 3.63) is 11.6 Å². The molecule has 0 bridgehead atoms. The third-order valence-electron chi connectivity index (χ3n) is 1.97. The minimum absolute atomic E-state index is 0.0713. The minimum Gasteiger partial charge on any atom is -0.364 e. The summed E-state index contributed by atoms with van der Waals surface area (Å²) >= 11 is 3.25. The molecule has 17 heavy (non-hydrogen) atoms. The number of aromatic nitrogens is 3. The lowest BCUT2D eigenvalue weighted by Gasteiger charge is -2.13. The molecular formula is C9H13BrF3N3O. The van der Waals surface area contributed by atoms with Crippen molar-refractivity contribution < 1.29 is 17.9 Å². The van der Waals surface area contributed by atoms with Gasteiger partial charge in [0.15, 0.2) is 5.82 Å². The predicted octanol–water partition coefficient (Wildman–Crippen LogP) is 2.83. The quantitative estimate of drug-likeness (QED) is 0.784. The number of halogens is 4. The Morgan fingerprint density at radius 1 is 1.29 bits per heavy atom. The van der Waals surface area contributed by atoms with Gasteiger partial charge in [-0.1, -0.05) is 15.9 Å². The molecule has 0 spiro atoms. The Kier molecular flexibility index (Phi) is 4.93. The van der Waals surface area contributed by atoms with Crippen molar-refractivity contribution in [1.29, 1.82) is 0 Å². The summed E-state index contributed by atoms with van der Waals surface area (Å²) in [7, 11) is 0. The number of alkyl halides is 4. The van der Waals surface area contributed by atoms with Crippen molar-refractivity contribution in [1.82, 2.24) is 14.8 Å². The summed E-state index contributed by atoms with van der Waals surface area (Å²) < 4.78 is 42.1. The summed E-state index contributed by atoms with van der Waals surface area (Å²) in [4.78, 5) is 0. The maximum atomic E-state index is 11.9. The van der Waals surface area contributed by atoms with E-state index in [1.165, 1.54) is 0 Å². The Labute approximate surface area is 105 Å². The van der Waals surface area contributed by atoms with Crippen LogP contribution in [0.15, 0.2) is 0 Å². The lowest BCUT2D eigenvalue weighted by Crippen LogP contribution is -2.18. The van der Waals surface area contributed by atoms with Crippen LogP contribution in [0, 0.1) is 0 Å². The van der Waals surface area contributed by atoms with Crippen molar-refractivity contribution in [2.24, 2.45) is 0 Å². The van der Waals surface area contributed by atoms with Gasteiger partial charge in [-0.05, 0) is 13.8 Å². The van der Waals surface area contributed by atoms with E-state index in [0.29, 0.717) is 17.0 Å². The van der Waals surface area contributed by atoms with Gasteiger partial charge in [0.1, 0.15) is 19.0 Å². The predicted molar refractivity (Wildman–Crippen MR) is 58.7 cm³/mol. The first-order valence-corrected chi connectivity index (χ1v) is 6.10. The van der Waals surface area contributed by atoms with Crippen LogP contribution in [0.25, 0.3) is 0 Å². The van der Waals surface area contributed by atoms with E-state index in [4.69, 9.17) is 0 Å². The van der Waals surface area contributed by atoms with Crippen LogP contribution >= 0.6 is 15.9 Å². The zero-order valence-electron chi connectivity index (χ0n) is 9.46. The molecule has 0 amide bonds. The monoisotopic (exact) mass is 315 g/mol. The second-order valence-corrected chi connectivity index (χ2v) is 4.30. The molecule has 0 saturated carbocycles. The SMILES string of the molecule is CC(C)n1c(CBr)nnc1COCC(F)(F)F. The van der Waals surface area contributed by atoms with Gasteiger partial charge in [0.05, 0.1) is 5.33 Å². The Hall–Kier alpha value is -0.630. The van der Waals surface area contributed by atoms with E-state index < -0.39 is 12.8 Å². The average molecular weight is 316 g/mol. The normalized spacial score (nSPS) is 12.4. The molecule has 0 aromatic carbocycles. The molecule has 0 N–H and O–H groups in total. The molecule has 0 saturated heterocycles. The highest BCUT2D eigenvalue weighted by molar-refractivity contribution is 9.08. The molecule has 0 fully saturated rings. The number of ether oxygens (including phenoxy) is 1. The molecule has 8 heteroatoms. The standard InChI is InChI=1S/C9H13BrF3N3O/c1-6(2)16-7(3-10)14-15-8(16)4-17-5-9(11,12)13/h6H,3-5H2,1-2H3. The molecule has 0 atom stereocenters. The molecule has 0 radical (unpaired) electrons. The van der Waals surface area contributed by atoms with E-state index in [9.17, 15) is 13.2 Å². The van der Waals surface area contributed by atoms with E-state index in [-0.39, 0.29) is 12.6 Å². The largest absolute Gasteiger partial charge is 0.411 e. The summed E-state index contributed by atoms with van der Waals surface area (Å²) in [5.41, 5.74) is 0. The zero-order valence-corrected chi connectivity index (χ0v) is 11.0. The number of nitrogens with zero attached hydrogens (tertiary/aromatic N) is 3. The fourth-order valence-electron chi connectivity index (χ4n) is 1.40. The average Bonchev–Trinajstić information content (AvgIpc) is 2.58. The van der Waals surface area contributed by atoms with Crippen molar-refractivity contribution in [2.75, 3.05) is 6.61 Å². The molecule has 0 unspecified atom stereocenters. The van der Waals surface area contributed by atoms with E-state index in [0.717, 1.165) is 0 Å². The van der Waals surface area contributed by atoms with Crippen LogP contribution in [0.1, 0.15) is 31.5 Å². The van der Waals surface area contributed by atoms with Gasteiger partial charge in [-0.3, -0.25) is 0 Å². The number of hydrogen-bond donors (Lipinski definition) is 0. The van der Waals surface area contributed by atoms with E-state index in [1.54, 1.807) is 4.57 Å². The van der Waals surface area contributed by atoms with Crippen LogP contribution in [0.4, 0.5) is 13.2 Å². The van der Waals surface area contributed by atoms with Gasteiger partial charge in [-0.15, -0.1) is 10.2 Å². The third kappa shape index (κ3) is 4.27. The second kappa shape index (κ2) is 5.81. The van der Waals surface area contributed by atoms with Gasteiger partial charge in [-0.2, -0.15) is 13.2 Å². The Morgan fingerprint density at radius 2 is 1.88 bits per heavy atom. The first kappa shape index (κ1) is 14.4. The fourth-order valence-corrected chi connectivity index (χ4v) is 1.79. The molecule has 1 heterocycles.